The summed E-state index contributed by atoms with van der Waals surface area (Å²) in [5.74, 6) is -1.03. The summed E-state index contributed by atoms with van der Waals surface area (Å²) in [6.07, 6.45) is 6.27. The van der Waals surface area contributed by atoms with Gasteiger partial charge in [-0.2, -0.15) is 0 Å². The molecule has 0 bridgehead atoms. The molecule has 3 rings (SSSR count). The fraction of sp³-hybridized carbons (Fsp3) is 0. The highest BCUT2D eigenvalue weighted by molar-refractivity contribution is 5.92. The van der Waals surface area contributed by atoms with E-state index in [4.69, 9.17) is 0 Å². The average Bonchev–Trinajstić information content (AvgIpc) is 3.11. The van der Waals surface area contributed by atoms with Crippen LogP contribution in [0.15, 0.2) is 43.0 Å². The summed E-state index contributed by atoms with van der Waals surface area (Å²) >= 11 is 0. The molecule has 1 N–H and O–H groups in total. The second-order valence-electron chi connectivity index (χ2n) is 3.70. The van der Waals surface area contributed by atoms with Crippen LogP contribution in [0.2, 0.25) is 0 Å². The summed E-state index contributed by atoms with van der Waals surface area (Å²) in [5.41, 5.74) is 1.24. The molecule has 8 nitrogen and oxygen atoms in total. The minimum absolute atomic E-state index is 0.134. The van der Waals surface area contributed by atoms with Gasteiger partial charge in [-0.3, -0.25) is 0 Å². The molecule has 0 aliphatic rings. The standard InChI is InChI=1S/C11H8N6O2/c18-11(19)9-2-1-8(16-5-3-12-14-16)7-10(9)17-6-4-13-15-17/h1-7H,(H,18,19). The van der Waals surface area contributed by atoms with Crippen molar-refractivity contribution in [1.29, 1.82) is 0 Å². The molecule has 0 radical (unpaired) electrons. The Balaban J connectivity index is 2.18. The largest absolute Gasteiger partial charge is 0.478 e. The van der Waals surface area contributed by atoms with E-state index in [-0.39, 0.29) is 5.56 Å². The smallest absolute Gasteiger partial charge is 0.337 e. The van der Waals surface area contributed by atoms with Gasteiger partial charge in [0.2, 0.25) is 0 Å². The fourth-order valence-electron chi connectivity index (χ4n) is 1.72. The highest BCUT2D eigenvalue weighted by atomic mass is 16.4. The molecule has 19 heavy (non-hydrogen) atoms. The molecule has 3 aromatic rings. The van der Waals surface area contributed by atoms with Crippen LogP contribution in [0.25, 0.3) is 11.4 Å². The number of carbonyl (C=O) groups is 1. The molecule has 8 heteroatoms. The molecule has 0 fully saturated rings. The Morgan fingerprint density at radius 1 is 1.05 bits per heavy atom. The van der Waals surface area contributed by atoms with Crippen LogP contribution in [0, 0.1) is 0 Å². The Kier molecular flexibility index (Phi) is 2.53. The van der Waals surface area contributed by atoms with Crippen molar-refractivity contribution in [2.24, 2.45) is 0 Å². The lowest BCUT2D eigenvalue weighted by Crippen LogP contribution is -2.08. The van der Waals surface area contributed by atoms with E-state index >= 15 is 0 Å². The van der Waals surface area contributed by atoms with Crippen molar-refractivity contribution in [3.63, 3.8) is 0 Å². The summed E-state index contributed by atoms with van der Waals surface area (Å²) in [6.45, 7) is 0. The van der Waals surface area contributed by atoms with Gasteiger partial charge in [0.05, 0.1) is 41.7 Å². The third-order valence-corrected chi connectivity index (χ3v) is 2.57. The summed E-state index contributed by atoms with van der Waals surface area (Å²) < 4.78 is 2.93. The maximum Gasteiger partial charge on any atom is 0.337 e. The van der Waals surface area contributed by atoms with Gasteiger partial charge in [-0.25, -0.2) is 14.2 Å². The van der Waals surface area contributed by atoms with Gasteiger partial charge >= 0.3 is 5.97 Å². The lowest BCUT2D eigenvalue weighted by Gasteiger charge is -2.08. The van der Waals surface area contributed by atoms with Crippen molar-refractivity contribution >= 4 is 5.97 Å². The average molecular weight is 256 g/mol. The maximum absolute atomic E-state index is 11.2. The normalized spacial score (nSPS) is 10.5. The minimum atomic E-state index is -1.03. The van der Waals surface area contributed by atoms with Crippen molar-refractivity contribution in [1.82, 2.24) is 30.0 Å². The van der Waals surface area contributed by atoms with E-state index in [1.165, 1.54) is 21.6 Å². The van der Waals surface area contributed by atoms with Crippen LogP contribution in [-0.2, 0) is 0 Å². The van der Waals surface area contributed by atoms with Crippen molar-refractivity contribution in [2.75, 3.05) is 0 Å². The lowest BCUT2D eigenvalue weighted by atomic mass is 10.1. The van der Waals surface area contributed by atoms with Gasteiger partial charge < -0.3 is 5.11 Å². The fourth-order valence-corrected chi connectivity index (χ4v) is 1.72. The molecule has 0 unspecified atom stereocenters. The van der Waals surface area contributed by atoms with Crippen LogP contribution >= 0.6 is 0 Å². The first-order chi connectivity index (χ1) is 9.25. The van der Waals surface area contributed by atoms with E-state index in [2.05, 4.69) is 20.6 Å². The summed E-state index contributed by atoms with van der Waals surface area (Å²) in [7, 11) is 0. The Bertz CT molecular complexity index is 705. The molecule has 94 valence electrons. The molecule has 0 atom stereocenters. The number of carboxylic acid groups (broad SMARTS) is 1. The SMILES string of the molecule is O=C(O)c1ccc(-n2ccnn2)cc1-n1ccnn1. The second kappa shape index (κ2) is 4.33. The van der Waals surface area contributed by atoms with Gasteiger partial charge in [-0.1, -0.05) is 10.4 Å². The van der Waals surface area contributed by atoms with Gasteiger partial charge in [0.15, 0.2) is 0 Å². The number of hydrogen-bond acceptors (Lipinski definition) is 5. The van der Waals surface area contributed by atoms with Crippen LogP contribution in [0.5, 0.6) is 0 Å². The molecule has 1 aromatic carbocycles. The highest BCUT2D eigenvalue weighted by Crippen LogP contribution is 2.18. The van der Waals surface area contributed by atoms with Crippen molar-refractivity contribution < 1.29 is 9.90 Å². The zero-order valence-electron chi connectivity index (χ0n) is 9.58. The van der Waals surface area contributed by atoms with Crippen molar-refractivity contribution in [3.8, 4) is 11.4 Å². The van der Waals surface area contributed by atoms with Crippen LogP contribution in [0.4, 0.5) is 0 Å². The summed E-state index contributed by atoms with van der Waals surface area (Å²) in [5, 5.41) is 24.2. The lowest BCUT2D eigenvalue weighted by molar-refractivity contribution is 0.0696. The van der Waals surface area contributed by atoms with E-state index in [1.54, 1.807) is 30.7 Å². The van der Waals surface area contributed by atoms with E-state index in [0.29, 0.717) is 11.4 Å². The van der Waals surface area contributed by atoms with Crippen LogP contribution in [-0.4, -0.2) is 41.1 Å². The number of rotatable bonds is 3. The van der Waals surface area contributed by atoms with E-state index < -0.39 is 5.97 Å². The monoisotopic (exact) mass is 256 g/mol. The van der Waals surface area contributed by atoms with Gasteiger partial charge in [0.25, 0.3) is 0 Å². The molecule has 2 heterocycles. The molecule has 0 saturated carbocycles. The van der Waals surface area contributed by atoms with Crippen molar-refractivity contribution in [3.05, 3.63) is 48.5 Å². The highest BCUT2D eigenvalue weighted by Gasteiger charge is 2.13. The third-order valence-electron chi connectivity index (χ3n) is 2.57. The van der Waals surface area contributed by atoms with Gasteiger partial charge in [-0.15, -0.1) is 10.2 Å². The molecule has 0 saturated heterocycles. The Morgan fingerprint density at radius 2 is 1.74 bits per heavy atom. The molecule has 0 aliphatic carbocycles. The number of benzene rings is 1. The molecule has 0 spiro atoms. The van der Waals surface area contributed by atoms with E-state index in [9.17, 15) is 9.90 Å². The van der Waals surface area contributed by atoms with E-state index in [1.807, 2.05) is 0 Å². The molecular weight excluding hydrogens is 248 g/mol. The van der Waals surface area contributed by atoms with Crippen LogP contribution < -0.4 is 0 Å². The first kappa shape index (κ1) is 11.1. The Labute approximate surface area is 106 Å². The van der Waals surface area contributed by atoms with Gasteiger partial charge in [0.1, 0.15) is 0 Å². The predicted molar refractivity (Wildman–Crippen MR) is 63.2 cm³/mol. The van der Waals surface area contributed by atoms with E-state index in [0.717, 1.165) is 0 Å². The van der Waals surface area contributed by atoms with Gasteiger partial charge in [-0.05, 0) is 18.2 Å². The maximum atomic E-state index is 11.2. The first-order valence-corrected chi connectivity index (χ1v) is 5.36. The van der Waals surface area contributed by atoms with Crippen LogP contribution in [0.3, 0.4) is 0 Å². The molecule has 0 amide bonds. The Morgan fingerprint density at radius 3 is 2.32 bits per heavy atom. The van der Waals surface area contributed by atoms with Crippen LogP contribution in [0.1, 0.15) is 10.4 Å². The topological polar surface area (TPSA) is 98.7 Å². The number of carboxylic acids is 1. The number of aromatic carboxylic acids is 1. The predicted octanol–water partition coefficient (Wildman–Crippen LogP) is 0.546. The quantitative estimate of drug-likeness (QED) is 0.734. The summed E-state index contributed by atoms with van der Waals surface area (Å²) in [6, 6.07) is 4.81. The number of aromatic nitrogens is 6. The zero-order valence-corrected chi connectivity index (χ0v) is 9.58. The first-order valence-electron chi connectivity index (χ1n) is 5.36. The van der Waals surface area contributed by atoms with Gasteiger partial charge in [0, 0.05) is 0 Å². The minimum Gasteiger partial charge on any atom is -0.478 e. The second-order valence-corrected chi connectivity index (χ2v) is 3.70. The number of hydrogen-bond donors (Lipinski definition) is 1. The van der Waals surface area contributed by atoms with Crippen molar-refractivity contribution in [2.45, 2.75) is 0 Å². The Hall–Kier alpha value is -3.03. The molecule has 2 aromatic heterocycles. The third kappa shape index (κ3) is 1.95. The number of nitrogens with zero attached hydrogens (tertiary/aromatic N) is 6. The molecular formula is C11H8N6O2. The summed E-state index contributed by atoms with van der Waals surface area (Å²) in [4.78, 5) is 11.2. The molecule has 0 aliphatic heterocycles. The zero-order chi connectivity index (χ0) is 13.2.